The highest BCUT2D eigenvalue weighted by Crippen LogP contribution is 2.45. The molecule has 0 spiro atoms. The summed E-state index contributed by atoms with van der Waals surface area (Å²) < 4.78 is 0. The van der Waals surface area contributed by atoms with E-state index in [0.29, 0.717) is 24.6 Å². The second-order valence-electron chi connectivity index (χ2n) is 5.39. The topological polar surface area (TPSA) is 66.6 Å². The molecule has 0 atom stereocenters. The molecule has 1 aliphatic carbocycles. The van der Waals surface area contributed by atoms with Crippen molar-refractivity contribution in [3.63, 3.8) is 0 Å². The lowest BCUT2D eigenvalue weighted by Gasteiger charge is -2.47. The third-order valence-corrected chi connectivity index (χ3v) is 4.51. The van der Waals surface area contributed by atoms with E-state index in [0.717, 1.165) is 12.8 Å². The summed E-state index contributed by atoms with van der Waals surface area (Å²) in [7, 11) is 0. The Morgan fingerprint density at radius 3 is 2.32 bits per heavy atom. The Bertz CT molecular complexity index is 529. The maximum atomic E-state index is 12.2. The molecule has 19 heavy (non-hydrogen) atoms. The molecule has 3 N–H and O–H groups in total. The first kappa shape index (κ1) is 13.0. The number of amides is 1. The molecule has 4 nitrogen and oxygen atoms in total. The maximum Gasteiger partial charge on any atom is 0.254 e. The molecule has 2 fully saturated rings. The predicted octanol–water partition coefficient (Wildman–Crippen LogP) is 2.17. The molecule has 0 bridgehead atoms. The average molecular weight is 301 g/mol. The molecular weight excluding hydrogens is 287 g/mol. The molecule has 6 heteroatoms. The maximum absolute atomic E-state index is 12.2. The number of rotatable bonds is 2. The number of anilines is 1. The molecule has 0 unspecified atom stereocenters. The molecule has 0 radical (unpaired) electrons. The zero-order valence-corrected chi connectivity index (χ0v) is 11.7. The number of nitrogen functional groups attached to an aromatic ring is 1. The Balaban J connectivity index is 1.75. The third-order valence-electron chi connectivity index (χ3n) is 3.88. The van der Waals surface area contributed by atoms with Crippen molar-refractivity contribution < 1.29 is 9.90 Å². The summed E-state index contributed by atoms with van der Waals surface area (Å²) in [5.41, 5.74) is 5.63. The van der Waals surface area contributed by atoms with E-state index in [2.05, 4.69) is 0 Å². The molecule has 1 saturated heterocycles. The quantitative estimate of drug-likeness (QED) is 0.823. The van der Waals surface area contributed by atoms with Crippen LogP contribution < -0.4 is 5.73 Å². The first-order chi connectivity index (χ1) is 8.90. The second-order valence-corrected chi connectivity index (χ2v) is 6.21. The van der Waals surface area contributed by atoms with E-state index in [4.69, 9.17) is 28.9 Å². The number of likely N-dealkylation sites (tertiary alicyclic amines) is 1. The molecule has 1 aliphatic heterocycles. The second kappa shape index (κ2) is 4.27. The number of nitrogens with zero attached hydrogens (tertiary/aromatic N) is 1. The van der Waals surface area contributed by atoms with E-state index in [1.165, 1.54) is 12.1 Å². The molecule has 3 rings (SSSR count). The van der Waals surface area contributed by atoms with Gasteiger partial charge in [-0.2, -0.15) is 0 Å². The van der Waals surface area contributed by atoms with E-state index < -0.39 is 5.60 Å². The Hall–Kier alpha value is -0.970. The average Bonchev–Trinajstić information content (AvgIpc) is 3.14. The highest BCUT2D eigenvalue weighted by atomic mass is 35.5. The van der Waals surface area contributed by atoms with Crippen molar-refractivity contribution >= 4 is 34.8 Å². The van der Waals surface area contributed by atoms with E-state index >= 15 is 0 Å². The fourth-order valence-electron chi connectivity index (χ4n) is 2.53. The number of benzene rings is 1. The number of β-amino-alcohol motifs (C(OH)–C–C–N with tert-alkyl or cyclic N) is 1. The van der Waals surface area contributed by atoms with Crippen molar-refractivity contribution in [3.8, 4) is 0 Å². The molecule has 1 saturated carbocycles. The number of nitrogens with two attached hydrogens (primary N) is 1. The number of carbonyl (C=O) groups is 1. The molecular formula is C13H14Cl2N2O2. The van der Waals surface area contributed by atoms with Crippen LogP contribution in [0.15, 0.2) is 12.1 Å². The van der Waals surface area contributed by atoms with Crippen molar-refractivity contribution in [3.05, 3.63) is 27.7 Å². The number of carbonyl (C=O) groups excluding carboxylic acids is 1. The van der Waals surface area contributed by atoms with Crippen LogP contribution in [0.3, 0.4) is 0 Å². The Labute approximate surface area is 121 Å². The minimum Gasteiger partial charge on any atom is -0.396 e. The highest BCUT2D eigenvalue weighted by Gasteiger charge is 2.53. The molecule has 0 aromatic heterocycles. The van der Waals surface area contributed by atoms with Gasteiger partial charge in [-0.1, -0.05) is 23.2 Å². The zero-order valence-electron chi connectivity index (χ0n) is 10.2. The molecule has 102 valence electrons. The lowest BCUT2D eigenvalue weighted by molar-refractivity contribution is -0.0958. The summed E-state index contributed by atoms with van der Waals surface area (Å²) in [6.45, 7) is 0.770. The molecule has 1 heterocycles. The van der Waals surface area contributed by atoms with E-state index in [9.17, 15) is 9.90 Å². The fraction of sp³-hybridized carbons (Fsp3) is 0.462. The van der Waals surface area contributed by atoms with Gasteiger partial charge in [0.15, 0.2) is 0 Å². The fourth-order valence-corrected chi connectivity index (χ4v) is 3.01. The summed E-state index contributed by atoms with van der Waals surface area (Å²) in [5, 5.41) is 10.7. The van der Waals surface area contributed by atoms with Gasteiger partial charge in [-0.15, -0.1) is 0 Å². The van der Waals surface area contributed by atoms with Gasteiger partial charge in [-0.3, -0.25) is 4.79 Å². The number of hydrogen-bond donors (Lipinski definition) is 2. The number of halogens is 2. The van der Waals surface area contributed by atoms with E-state index in [1.807, 2.05) is 0 Å². The lowest BCUT2D eigenvalue weighted by Crippen LogP contribution is -2.64. The van der Waals surface area contributed by atoms with Crippen molar-refractivity contribution in [1.82, 2.24) is 4.90 Å². The van der Waals surface area contributed by atoms with Crippen LogP contribution in [0.4, 0.5) is 5.69 Å². The smallest absolute Gasteiger partial charge is 0.254 e. The molecule has 1 aromatic carbocycles. The van der Waals surface area contributed by atoms with Crippen molar-refractivity contribution in [2.45, 2.75) is 18.4 Å². The van der Waals surface area contributed by atoms with Crippen LogP contribution in [-0.4, -0.2) is 34.6 Å². The van der Waals surface area contributed by atoms with Crippen molar-refractivity contribution in [2.24, 2.45) is 5.92 Å². The summed E-state index contributed by atoms with van der Waals surface area (Å²) in [6, 6.07) is 3.03. The molecule has 1 aromatic rings. The predicted molar refractivity (Wildman–Crippen MR) is 74.5 cm³/mol. The minimum absolute atomic E-state index is 0.172. The van der Waals surface area contributed by atoms with Crippen LogP contribution in [-0.2, 0) is 0 Å². The van der Waals surface area contributed by atoms with Crippen molar-refractivity contribution in [1.29, 1.82) is 0 Å². The summed E-state index contributed by atoms with van der Waals surface area (Å²) >= 11 is 11.8. The monoisotopic (exact) mass is 300 g/mol. The van der Waals surface area contributed by atoms with Gasteiger partial charge in [0.05, 0.1) is 28.8 Å². The third kappa shape index (κ3) is 2.18. The first-order valence-corrected chi connectivity index (χ1v) is 6.92. The summed E-state index contributed by atoms with van der Waals surface area (Å²) in [5.74, 6) is 0.185. The van der Waals surface area contributed by atoms with E-state index in [1.54, 1.807) is 4.90 Å². The Morgan fingerprint density at radius 2 is 1.84 bits per heavy atom. The summed E-state index contributed by atoms with van der Waals surface area (Å²) in [6.07, 6.45) is 2.11. The highest BCUT2D eigenvalue weighted by molar-refractivity contribution is 6.39. The number of aliphatic hydroxyl groups is 1. The van der Waals surface area contributed by atoms with Crippen LogP contribution in [0.5, 0.6) is 0 Å². The van der Waals surface area contributed by atoms with Gasteiger partial charge in [0.2, 0.25) is 0 Å². The number of hydrogen-bond acceptors (Lipinski definition) is 3. The lowest BCUT2D eigenvalue weighted by atomic mass is 9.88. The van der Waals surface area contributed by atoms with Gasteiger partial charge in [-0.25, -0.2) is 0 Å². The van der Waals surface area contributed by atoms with Crippen LogP contribution in [0.25, 0.3) is 0 Å². The van der Waals surface area contributed by atoms with E-state index in [-0.39, 0.29) is 21.6 Å². The Morgan fingerprint density at radius 1 is 1.32 bits per heavy atom. The van der Waals surface area contributed by atoms with Crippen LogP contribution in [0.2, 0.25) is 10.0 Å². The standard InChI is InChI=1S/C13H14Cl2N2O2/c14-9-3-7(4-10(15)11(9)16)12(18)17-5-13(19,6-17)8-1-2-8/h3-4,8,19H,1-2,5-6,16H2. The van der Waals surface area contributed by atoms with Gasteiger partial charge in [0.25, 0.3) is 5.91 Å². The van der Waals surface area contributed by atoms with Crippen LogP contribution >= 0.6 is 23.2 Å². The van der Waals surface area contributed by atoms with Crippen LogP contribution in [0.1, 0.15) is 23.2 Å². The van der Waals surface area contributed by atoms with Gasteiger partial charge < -0.3 is 15.7 Å². The van der Waals surface area contributed by atoms with Gasteiger partial charge in [0, 0.05) is 5.56 Å². The molecule has 1 amide bonds. The van der Waals surface area contributed by atoms with Gasteiger partial charge in [0.1, 0.15) is 5.60 Å². The normalized spacial score (nSPS) is 21.1. The minimum atomic E-state index is -0.683. The SMILES string of the molecule is Nc1c(Cl)cc(C(=O)N2CC(O)(C3CC3)C2)cc1Cl. The van der Waals surface area contributed by atoms with Crippen LogP contribution in [0, 0.1) is 5.92 Å². The van der Waals surface area contributed by atoms with Gasteiger partial charge >= 0.3 is 0 Å². The van der Waals surface area contributed by atoms with Gasteiger partial charge in [-0.05, 0) is 30.9 Å². The molecule has 2 aliphatic rings. The Kier molecular flexibility index (Phi) is 2.93. The summed E-state index contributed by atoms with van der Waals surface area (Å²) in [4.78, 5) is 13.8. The van der Waals surface area contributed by atoms with Crippen molar-refractivity contribution in [2.75, 3.05) is 18.8 Å². The zero-order chi connectivity index (χ0) is 13.8. The first-order valence-electron chi connectivity index (χ1n) is 6.17. The largest absolute Gasteiger partial charge is 0.396 e.